The number of aromatic nitrogens is 2. The Morgan fingerprint density at radius 1 is 1.14 bits per heavy atom. The summed E-state index contributed by atoms with van der Waals surface area (Å²) in [7, 11) is 0. The molecule has 2 unspecified atom stereocenters. The first-order chi connectivity index (χ1) is 17.1. The molecule has 1 aliphatic rings. The number of nitrogens with one attached hydrogen (secondary N) is 2. The Kier molecular flexibility index (Phi) is 6.94. The Labute approximate surface area is 212 Å². The highest BCUT2D eigenvalue weighted by molar-refractivity contribution is 5.99. The van der Waals surface area contributed by atoms with E-state index in [4.69, 9.17) is 0 Å². The minimum absolute atomic E-state index is 0.0721. The van der Waals surface area contributed by atoms with Gasteiger partial charge in [0.1, 0.15) is 11.4 Å². The van der Waals surface area contributed by atoms with Gasteiger partial charge in [0.2, 0.25) is 0 Å². The normalized spacial score (nSPS) is 17.5. The summed E-state index contributed by atoms with van der Waals surface area (Å²) in [6, 6.07) is 17.9. The second-order valence-corrected chi connectivity index (χ2v) is 10.4. The molecule has 0 bridgehead atoms. The Morgan fingerprint density at radius 3 is 2.36 bits per heavy atom. The predicted octanol–water partition coefficient (Wildman–Crippen LogP) is 5.81. The number of hydrogen-bond donors (Lipinski definition) is 3. The van der Waals surface area contributed by atoms with E-state index in [1.165, 1.54) is 5.56 Å². The molecule has 190 valence electrons. The van der Waals surface area contributed by atoms with E-state index in [1.807, 2.05) is 47.1 Å². The van der Waals surface area contributed by atoms with E-state index in [9.17, 15) is 14.7 Å². The summed E-state index contributed by atoms with van der Waals surface area (Å²) in [6.07, 6.45) is 3.89. The van der Waals surface area contributed by atoms with E-state index in [1.54, 1.807) is 13.1 Å². The zero-order valence-corrected chi connectivity index (χ0v) is 21.7. The fourth-order valence-electron chi connectivity index (χ4n) is 5.23. The van der Waals surface area contributed by atoms with Crippen LogP contribution >= 0.6 is 0 Å². The van der Waals surface area contributed by atoms with Crippen molar-refractivity contribution >= 4 is 17.7 Å². The Bertz CT molecular complexity index is 1230. The number of carbonyl (C=O) groups excluding carboxylic acids is 1. The van der Waals surface area contributed by atoms with Gasteiger partial charge in [-0.15, -0.1) is 0 Å². The van der Waals surface area contributed by atoms with E-state index >= 15 is 0 Å². The summed E-state index contributed by atoms with van der Waals surface area (Å²) in [5, 5.41) is 20.8. The first-order valence-corrected chi connectivity index (χ1v) is 12.7. The first-order valence-electron chi connectivity index (χ1n) is 12.7. The number of nitrogens with zero attached hydrogens (tertiary/aromatic N) is 2. The van der Waals surface area contributed by atoms with Gasteiger partial charge in [-0.05, 0) is 56.7 Å². The maximum Gasteiger partial charge on any atom is 0.310 e. The van der Waals surface area contributed by atoms with Gasteiger partial charge in [-0.25, -0.2) is 4.68 Å². The van der Waals surface area contributed by atoms with Gasteiger partial charge in [0.25, 0.3) is 5.91 Å². The Balaban J connectivity index is 1.64. The van der Waals surface area contributed by atoms with Crippen LogP contribution in [0.3, 0.4) is 0 Å². The van der Waals surface area contributed by atoms with E-state index in [-0.39, 0.29) is 17.5 Å². The van der Waals surface area contributed by atoms with Crippen molar-refractivity contribution in [1.29, 1.82) is 0 Å². The van der Waals surface area contributed by atoms with Gasteiger partial charge in [0, 0.05) is 0 Å². The number of aliphatic carboxylic acids is 1. The van der Waals surface area contributed by atoms with Crippen molar-refractivity contribution in [2.24, 2.45) is 0 Å². The molecule has 1 amide bonds. The highest BCUT2D eigenvalue weighted by Crippen LogP contribution is 2.40. The van der Waals surface area contributed by atoms with Gasteiger partial charge >= 0.3 is 5.97 Å². The van der Waals surface area contributed by atoms with Crippen molar-refractivity contribution < 1.29 is 14.7 Å². The van der Waals surface area contributed by atoms with Crippen LogP contribution in [0.15, 0.2) is 60.8 Å². The molecule has 0 radical (unpaired) electrons. The summed E-state index contributed by atoms with van der Waals surface area (Å²) in [6.45, 7) is 10.1. The molecule has 1 aromatic heterocycles. The summed E-state index contributed by atoms with van der Waals surface area (Å²) in [5.74, 6) is -0.898. The van der Waals surface area contributed by atoms with Crippen LogP contribution in [0.5, 0.6) is 0 Å². The van der Waals surface area contributed by atoms with Crippen molar-refractivity contribution in [3.8, 4) is 0 Å². The zero-order valence-electron chi connectivity index (χ0n) is 21.7. The summed E-state index contributed by atoms with van der Waals surface area (Å²) in [5.41, 5.74) is 2.55. The number of carboxylic acid groups (broad SMARTS) is 1. The highest BCUT2D eigenvalue weighted by atomic mass is 16.4. The third-order valence-electron chi connectivity index (χ3n) is 7.70. The van der Waals surface area contributed by atoms with E-state index in [2.05, 4.69) is 55.6 Å². The highest BCUT2D eigenvalue weighted by Gasteiger charge is 2.38. The molecule has 2 aromatic carbocycles. The number of carbonyl (C=O) groups is 2. The molecule has 2 heterocycles. The molecule has 2 atom stereocenters. The van der Waals surface area contributed by atoms with Crippen molar-refractivity contribution in [2.45, 2.75) is 76.9 Å². The fourth-order valence-corrected chi connectivity index (χ4v) is 5.23. The average Bonchev–Trinajstić information content (AvgIpc) is 3.32. The molecule has 3 aromatic rings. The van der Waals surface area contributed by atoms with Crippen molar-refractivity contribution in [1.82, 2.24) is 15.1 Å². The van der Waals surface area contributed by atoms with Gasteiger partial charge in [-0.3, -0.25) is 9.59 Å². The van der Waals surface area contributed by atoms with Crippen LogP contribution < -0.4 is 10.6 Å². The third-order valence-corrected chi connectivity index (χ3v) is 7.70. The lowest BCUT2D eigenvalue weighted by atomic mass is 9.83. The van der Waals surface area contributed by atoms with Gasteiger partial charge in [0.05, 0.1) is 29.2 Å². The number of rotatable bonds is 8. The van der Waals surface area contributed by atoms with Crippen LogP contribution in [0, 0.1) is 0 Å². The van der Waals surface area contributed by atoms with Crippen molar-refractivity contribution in [2.75, 3.05) is 5.32 Å². The molecular weight excluding hydrogens is 452 g/mol. The van der Waals surface area contributed by atoms with E-state index in [0.717, 1.165) is 23.4 Å². The molecule has 0 saturated carbocycles. The molecule has 36 heavy (non-hydrogen) atoms. The van der Waals surface area contributed by atoms with Crippen LogP contribution in [0.2, 0.25) is 0 Å². The quantitative estimate of drug-likeness (QED) is 0.372. The van der Waals surface area contributed by atoms with E-state index < -0.39 is 17.4 Å². The smallest absolute Gasteiger partial charge is 0.310 e. The molecular formula is C29H36N4O3. The molecule has 7 nitrogen and oxygen atoms in total. The molecule has 3 N–H and O–H groups in total. The molecule has 0 fully saturated rings. The number of hydrogen-bond acceptors (Lipinski definition) is 4. The van der Waals surface area contributed by atoms with Crippen molar-refractivity contribution in [3.05, 3.63) is 83.0 Å². The van der Waals surface area contributed by atoms with Crippen LogP contribution in [0.25, 0.3) is 0 Å². The summed E-state index contributed by atoms with van der Waals surface area (Å²) >= 11 is 0. The average molecular weight is 489 g/mol. The molecule has 0 spiro atoms. The van der Waals surface area contributed by atoms with Gasteiger partial charge in [0.15, 0.2) is 0 Å². The number of amides is 1. The third kappa shape index (κ3) is 4.62. The van der Waals surface area contributed by atoms with Crippen LogP contribution in [-0.2, 0) is 15.9 Å². The SMILES string of the molecule is CCC(CC)(NC(=O)c1cnn2c1NC(c1ccccc1)CC2(C)C)c1ccc(C(C)C(=O)O)cc1. The topological polar surface area (TPSA) is 96.3 Å². The van der Waals surface area contributed by atoms with Gasteiger partial charge in [-0.1, -0.05) is 68.4 Å². The standard InChI is InChI=1S/C29H36N4O3/c1-6-29(7-2,22-15-13-20(14-16-22)19(3)27(35)36)32-26(34)23-18-30-33-25(23)31-24(17-28(33,4)5)21-11-9-8-10-12-21/h8-16,18-19,24,31H,6-7,17H2,1-5H3,(H,32,34)(H,35,36). The maximum atomic E-state index is 13.7. The van der Waals surface area contributed by atoms with Crippen LogP contribution in [0.4, 0.5) is 5.82 Å². The Morgan fingerprint density at radius 2 is 1.78 bits per heavy atom. The first kappa shape index (κ1) is 25.5. The number of benzene rings is 2. The number of fused-ring (bicyclic) bond motifs is 1. The second kappa shape index (κ2) is 9.80. The summed E-state index contributed by atoms with van der Waals surface area (Å²) in [4.78, 5) is 25.1. The predicted molar refractivity (Wildman–Crippen MR) is 141 cm³/mol. The molecule has 7 heteroatoms. The van der Waals surface area contributed by atoms with Gasteiger partial charge in [-0.2, -0.15) is 5.10 Å². The Hall–Kier alpha value is -3.61. The number of carboxylic acids is 1. The number of anilines is 1. The van der Waals surface area contributed by atoms with Crippen LogP contribution in [-0.4, -0.2) is 26.8 Å². The lowest BCUT2D eigenvalue weighted by Gasteiger charge is -2.38. The minimum atomic E-state index is -0.858. The minimum Gasteiger partial charge on any atom is -0.481 e. The van der Waals surface area contributed by atoms with E-state index in [0.29, 0.717) is 18.4 Å². The van der Waals surface area contributed by atoms with Crippen molar-refractivity contribution in [3.63, 3.8) is 0 Å². The monoisotopic (exact) mass is 488 g/mol. The fraction of sp³-hybridized carbons (Fsp3) is 0.414. The maximum absolute atomic E-state index is 13.7. The lowest BCUT2D eigenvalue weighted by molar-refractivity contribution is -0.138. The second-order valence-electron chi connectivity index (χ2n) is 10.4. The zero-order chi connectivity index (χ0) is 26.1. The van der Waals surface area contributed by atoms with Crippen LogP contribution in [0.1, 0.15) is 92.9 Å². The largest absolute Gasteiger partial charge is 0.481 e. The lowest BCUT2D eigenvalue weighted by Crippen LogP contribution is -2.45. The summed E-state index contributed by atoms with van der Waals surface area (Å²) < 4.78 is 1.92. The molecule has 4 rings (SSSR count). The molecule has 0 aliphatic carbocycles. The molecule has 1 aliphatic heterocycles. The molecule has 0 saturated heterocycles. The van der Waals surface area contributed by atoms with Gasteiger partial charge < -0.3 is 15.7 Å².